The molecular weight excluding hydrogens is 208 g/mol. The highest BCUT2D eigenvalue weighted by Crippen LogP contribution is 2.30. The zero-order valence-electron chi connectivity index (χ0n) is 9.16. The number of rotatable bonds is 0. The maximum Gasteiger partial charge on any atom is 0.165 e. The summed E-state index contributed by atoms with van der Waals surface area (Å²) in [5.41, 5.74) is 2.71. The Morgan fingerprint density at radius 2 is 2.00 bits per heavy atom. The fourth-order valence-corrected chi connectivity index (χ4v) is 3.55. The third-order valence-electron chi connectivity index (χ3n) is 2.76. The van der Waals surface area contributed by atoms with Crippen molar-refractivity contribution in [2.75, 3.05) is 0 Å². The van der Waals surface area contributed by atoms with Gasteiger partial charge in [0.1, 0.15) is 0 Å². The molecule has 0 aliphatic carbocycles. The van der Waals surface area contributed by atoms with Crippen LogP contribution in [0.1, 0.15) is 34.8 Å². The maximum atomic E-state index is 12.1. The van der Waals surface area contributed by atoms with Crippen LogP contribution in [0.3, 0.4) is 0 Å². The van der Waals surface area contributed by atoms with Crippen molar-refractivity contribution < 1.29 is 9.00 Å². The lowest BCUT2D eigenvalue weighted by atomic mass is 10.0. The lowest BCUT2D eigenvalue weighted by Crippen LogP contribution is -2.25. The van der Waals surface area contributed by atoms with Crippen molar-refractivity contribution in [3.63, 3.8) is 0 Å². The third kappa shape index (κ3) is 1.65. The number of hydrogen-bond acceptors (Lipinski definition) is 2. The fourth-order valence-electron chi connectivity index (χ4n) is 2.08. The van der Waals surface area contributed by atoms with E-state index in [0.29, 0.717) is 12.0 Å². The standard InChI is InChI=1S/C12H14O2S/c1-7-4-8(2)12-10(5-7)11(13)6-9(3)15(12)14/h4-5,9H,6H2,1-3H3. The molecular formula is C12H14O2S. The summed E-state index contributed by atoms with van der Waals surface area (Å²) in [6.45, 7) is 5.76. The molecule has 2 unspecified atom stereocenters. The average molecular weight is 222 g/mol. The number of fused-ring (bicyclic) bond motifs is 1. The first-order valence-corrected chi connectivity index (χ1v) is 6.27. The monoisotopic (exact) mass is 222 g/mol. The van der Waals surface area contributed by atoms with Crippen LogP contribution in [0, 0.1) is 13.8 Å². The first-order chi connectivity index (χ1) is 7.00. The van der Waals surface area contributed by atoms with Crippen LogP contribution >= 0.6 is 0 Å². The SMILES string of the molecule is Cc1cc(C)c2c(c1)C(=O)CC(C)S2=O. The number of Topliss-reactive ketones (excluding diaryl/α,β-unsaturated/α-hetero) is 1. The van der Waals surface area contributed by atoms with Gasteiger partial charge in [-0.25, -0.2) is 0 Å². The van der Waals surface area contributed by atoms with Gasteiger partial charge in [-0.2, -0.15) is 0 Å². The molecule has 3 heteroatoms. The van der Waals surface area contributed by atoms with Crippen molar-refractivity contribution in [2.24, 2.45) is 0 Å². The van der Waals surface area contributed by atoms with Crippen molar-refractivity contribution in [3.8, 4) is 0 Å². The smallest absolute Gasteiger partial charge is 0.165 e. The van der Waals surface area contributed by atoms with Gasteiger partial charge < -0.3 is 0 Å². The van der Waals surface area contributed by atoms with E-state index in [1.165, 1.54) is 0 Å². The molecule has 2 nitrogen and oxygen atoms in total. The molecule has 1 aliphatic heterocycles. The topological polar surface area (TPSA) is 34.1 Å². The molecule has 0 saturated carbocycles. The van der Waals surface area contributed by atoms with Gasteiger partial charge in [-0.3, -0.25) is 9.00 Å². The molecule has 0 aromatic heterocycles. The molecule has 2 rings (SSSR count). The fraction of sp³-hybridized carbons (Fsp3) is 0.417. The van der Waals surface area contributed by atoms with Gasteiger partial charge in [0.25, 0.3) is 0 Å². The molecule has 0 fully saturated rings. The minimum atomic E-state index is -1.02. The lowest BCUT2D eigenvalue weighted by Gasteiger charge is -2.22. The Labute approximate surface area is 92.2 Å². The number of carbonyl (C=O) groups is 1. The summed E-state index contributed by atoms with van der Waals surface area (Å²) in [7, 11) is -1.02. The second-order valence-corrected chi connectivity index (χ2v) is 6.00. The summed E-state index contributed by atoms with van der Waals surface area (Å²) >= 11 is 0. The minimum absolute atomic E-state index is 0.0496. The van der Waals surface area contributed by atoms with Gasteiger partial charge in [-0.15, -0.1) is 0 Å². The number of benzene rings is 1. The van der Waals surface area contributed by atoms with Gasteiger partial charge in [-0.1, -0.05) is 18.6 Å². The molecule has 0 radical (unpaired) electrons. The highest BCUT2D eigenvalue weighted by Gasteiger charge is 2.29. The second-order valence-electron chi connectivity index (χ2n) is 4.19. The van der Waals surface area contributed by atoms with Crippen LogP contribution in [0.4, 0.5) is 0 Å². The van der Waals surface area contributed by atoms with Crippen LogP contribution in [0.25, 0.3) is 0 Å². The van der Waals surface area contributed by atoms with Crippen LogP contribution < -0.4 is 0 Å². The van der Waals surface area contributed by atoms with E-state index in [-0.39, 0.29) is 11.0 Å². The van der Waals surface area contributed by atoms with Crippen molar-refractivity contribution in [2.45, 2.75) is 37.3 Å². The molecule has 0 saturated heterocycles. The zero-order chi connectivity index (χ0) is 11.2. The minimum Gasteiger partial charge on any atom is -0.294 e. The summed E-state index contributed by atoms with van der Waals surface area (Å²) in [5, 5.41) is -0.0496. The Kier molecular flexibility index (Phi) is 2.51. The molecule has 80 valence electrons. The van der Waals surface area contributed by atoms with Crippen molar-refractivity contribution in [3.05, 3.63) is 28.8 Å². The van der Waals surface area contributed by atoms with Crippen molar-refractivity contribution in [1.82, 2.24) is 0 Å². The van der Waals surface area contributed by atoms with Crippen LogP contribution in [0.2, 0.25) is 0 Å². The molecule has 0 N–H and O–H groups in total. The summed E-state index contributed by atoms with van der Waals surface area (Å²) in [6, 6.07) is 3.84. The van der Waals surface area contributed by atoms with E-state index in [1.54, 1.807) is 0 Å². The Hall–Kier alpha value is -0.960. The second kappa shape index (κ2) is 3.56. The van der Waals surface area contributed by atoms with E-state index in [1.807, 2.05) is 32.9 Å². The highest BCUT2D eigenvalue weighted by molar-refractivity contribution is 7.86. The summed E-state index contributed by atoms with van der Waals surface area (Å²) < 4.78 is 12.1. The Morgan fingerprint density at radius 1 is 1.33 bits per heavy atom. The first-order valence-electron chi connectivity index (χ1n) is 5.05. The Balaban J connectivity index is 2.71. The van der Waals surface area contributed by atoms with Crippen LogP contribution in [-0.4, -0.2) is 15.2 Å². The summed E-state index contributed by atoms with van der Waals surface area (Å²) in [4.78, 5) is 12.6. The van der Waals surface area contributed by atoms with Gasteiger partial charge in [0.05, 0.1) is 15.7 Å². The van der Waals surface area contributed by atoms with Gasteiger partial charge >= 0.3 is 0 Å². The van der Waals surface area contributed by atoms with E-state index in [4.69, 9.17) is 0 Å². The van der Waals surface area contributed by atoms with Gasteiger partial charge in [-0.05, 0) is 25.5 Å². The van der Waals surface area contributed by atoms with E-state index < -0.39 is 10.8 Å². The van der Waals surface area contributed by atoms with E-state index in [2.05, 4.69) is 0 Å². The number of ketones is 1. The largest absolute Gasteiger partial charge is 0.294 e. The lowest BCUT2D eigenvalue weighted by molar-refractivity contribution is 0.0976. The first kappa shape index (κ1) is 10.6. The van der Waals surface area contributed by atoms with Crippen molar-refractivity contribution in [1.29, 1.82) is 0 Å². The van der Waals surface area contributed by atoms with Gasteiger partial charge in [0.2, 0.25) is 0 Å². The number of carbonyl (C=O) groups excluding carboxylic acids is 1. The highest BCUT2D eigenvalue weighted by atomic mass is 32.2. The molecule has 15 heavy (non-hydrogen) atoms. The average Bonchev–Trinajstić information content (AvgIpc) is 2.13. The van der Waals surface area contributed by atoms with Gasteiger partial charge in [0, 0.05) is 17.2 Å². The predicted octanol–water partition coefficient (Wildman–Crippen LogP) is 2.39. The van der Waals surface area contributed by atoms with Gasteiger partial charge in [0.15, 0.2) is 5.78 Å². The van der Waals surface area contributed by atoms with Crippen LogP contribution in [0.15, 0.2) is 17.0 Å². The number of aryl methyl sites for hydroxylation is 2. The van der Waals surface area contributed by atoms with E-state index >= 15 is 0 Å². The molecule has 0 amide bonds. The summed E-state index contributed by atoms with van der Waals surface area (Å²) in [5.74, 6) is 0.129. The maximum absolute atomic E-state index is 12.1. The molecule has 1 aromatic carbocycles. The number of hydrogen-bond donors (Lipinski definition) is 0. The van der Waals surface area contributed by atoms with E-state index in [9.17, 15) is 9.00 Å². The molecule has 0 spiro atoms. The Bertz CT molecular complexity index is 463. The Morgan fingerprint density at radius 3 is 2.67 bits per heavy atom. The predicted molar refractivity (Wildman–Crippen MR) is 60.7 cm³/mol. The zero-order valence-corrected chi connectivity index (χ0v) is 9.98. The normalized spacial score (nSPS) is 25.1. The molecule has 1 aliphatic rings. The molecule has 0 bridgehead atoms. The quantitative estimate of drug-likeness (QED) is 0.675. The third-order valence-corrected chi connectivity index (χ3v) is 4.60. The molecule has 1 heterocycles. The van der Waals surface area contributed by atoms with Crippen LogP contribution in [-0.2, 0) is 10.8 Å². The molecule has 1 aromatic rings. The molecule has 2 atom stereocenters. The van der Waals surface area contributed by atoms with Crippen LogP contribution in [0.5, 0.6) is 0 Å². The summed E-state index contributed by atoms with van der Waals surface area (Å²) in [6.07, 6.45) is 0.405. The van der Waals surface area contributed by atoms with Crippen molar-refractivity contribution >= 4 is 16.6 Å². The van der Waals surface area contributed by atoms with E-state index in [0.717, 1.165) is 16.0 Å².